The van der Waals surface area contributed by atoms with E-state index in [1.54, 1.807) is 0 Å². The molecule has 0 atom stereocenters. The van der Waals surface area contributed by atoms with Crippen molar-refractivity contribution in [3.8, 4) is 0 Å². The minimum atomic E-state index is -0.219. The van der Waals surface area contributed by atoms with Gasteiger partial charge in [0.2, 0.25) is 0 Å². The second kappa shape index (κ2) is 4.53. The zero-order valence-corrected chi connectivity index (χ0v) is 10.3. The van der Waals surface area contributed by atoms with Gasteiger partial charge in [0.15, 0.2) is 5.82 Å². The van der Waals surface area contributed by atoms with E-state index in [1.807, 2.05) is 13.8 Å². The molecule has 1 aliphatic rings. The molecule has 1 aliphatic carbocycles. The van der Waals surface area contributed by atoms with Gasteiger partial charge in [-0.1, -0.05) is 19.3 Å². The van der Waals surface area contributed by atoms with Gasteiger partial charge >= 0.3 is 0 Å². The molecule has 0 radical (unpaired) electrons. The molecule has 0 aromatic carbocycles. The highest BCUT2D eigenvalue weighted by atomic mass is 15.2. The van der Waals surface area contributed by atoms with E-state index >= 15 is 0 Å². The fourth-order valence-electron chi connectivity index (χ4n) is 2.36. The minimum Gasteiger partial charge on any atom is -0.325 e. The molecule has 90 valence electrons. The fraction of sp³-hybridized carbons (Fsp3) is 0.833. The summed E-state index contributed by atoms with van der Waals surface area (Å²) >= 11 is 0. The molecule has 4 nitrogen and oxygen atoms in total. The summed E-state index contributed by atoms with van der Waals surface area (Å²) in [5.74, 6) is 2.49. The summed E-state index contributed by atoms with van der Waals surface area (Å²) in [7, 11) is 0. The molecule has 0 saturated heterocycles. The zero-order chi connectivity index (χ0) is 11.6. The quantitative estimate of drug-likeness (QED) is 0.823. The first-order valence-corrected chi connectivity index (χ1v) is 6.25. The van der Waals surface area contributed by atoms with Crippen molar-refractivity contribution in [3.05, 3.63) is 11.6 Å². The molecule has 1 fully saturated rings. The van der Waals surface area contributed by atoms with Gasteiger partial charge in [-0.15, -0.1) is 0 Å². The Hall–Kier alpha value is -0.900. The van der Waals surface area contributed by atoms with Crippen molar-refractivity contribution < 1.29 is 0 Å². The van der Waals surface area contributed by atoms with Crippen molar-refractivity contribution in [2.75, 3.05) is 0 Å². The third kappa shape index (κ3) is 3.04. The lowest BCUT2D eigenvalue weighted by molar-refractivity contribution is 0.429. The first-order chi connectivity index (χ1) is 7.54. The van der Waals surface area contributed by atoms with Crippen LogP contribution in [0.2, 0.25) is 0 Å². The van der Waals surface area contributed by atoms with Gasteiger partial charge in [0.1, 0.15) is 5.82 Å². The van der Waals surface area contributed by atoms with Crippen molar-refractivity contribution in [2.24, 2.45) is 5.73 Å². The van der Waals surface area contributed by atoms with Crippen LogP contribution in [0.4, 0.5) is 0 Å². The van der Waals surface area contributed by atoms with Gasteiger partial charge in [-0.3, -0.25) is 5.10 Å². The van der Waals surface area contributed by atoms with Crippen LogP contribution >= 0.6 is 0 Å². The largest absolute Gasteiger partial charge is 0.325 e. The molecule has 0 bridgehead atoms. The molecule has 0 amide bonds. The monoisotopic (exact) mass is 222 g/mol. The van der Waals surface area contributed by atoms with Crippen LogP contribution < -0.4 is 5.73 Å². The van der Waals surface area contributed by atoms with E-state index in [-0.39, 0.29) is 5.54 Å². The molecule has 0 unspecified atom stereocenters. The van der Waals surface area contributed by atoms with Crippen LogP contribution in [-0.4, -0.2) is 20.7 Å². The van der Waals surface area contributed by atoms with Gasteiger partial charge in [-0.05, 0) is 26.7 Å². The summed E-state index contributed by atoms with van der Waals surface area (Å²) in [4.78, 5) is 4.57. The van der Waals surface area contributed by atoms with Crippen LogP contribution in [0.25, 0.3) is 0 Å². The number of hydrogen-bond donors (Lipinski definition) is 2. The molecular weight excluding hydrogens is 200 g/mol. The Bertz CT molecular complexity index is 331. The maximum atomic E-state index is 5.97. The SMILES string of the molecule is CC(C)(N)Cc1nc(C2CCCCC2)n[nH]1. The summed E-state index contributed by atoms with van der Waals surface area (Å²) in [5.41, 5.74) is 5.75. The van der Waals surface area contributed by atoms with Crippen LogP contribution in [0.3, 0.4) is 0 Å². The molecule has 1 heterocycles. The predicted octanol–water partition coefficient (Wildman–Crippen LogP) is 2.13. The smallest absolute Gasteiger partial charge is 0.153 e. The Morgan fingerprint density at radius 2 is 2.00 bits per heavy atom. The van der Waals surface area contributed by atoms with Crippen molar-refractivity contribution in [1.82, 2.24) is 15.2 Å². The van der Waals surface area contributed by atoms with Crippen molar-refractivity contribution in [2.45, 2.75) is 63.8 Å². The number of nitrogens with zero attached hydrogens (tertiary/aromatic N) is 2. The van der Waals surface area contributed by atoms with Crippen molar-refractivity contribution >= 4 is 0 Å². The second-order valence-electron chi connectivity index (χ2n) is 5.64. The summed E-state index contributed by atoms with van der Waals surface area (Å²) in [6, 6.07) is 0. The number of hydrogen-bond acceptors (Lipinski definition) is 3. The number of rotatable bonds is 3. The van der Waals surface area contributed by atoms with E-state index in [4.69, 9.17) is 5.73 Å². The van der Waals surface area contributed by atoms with E-state index in [1.165, 1.54) is 32.1 Å². The van der Waals surface area contributed by atoms with Gasteiger partial charge in [0.05, 0.1) is 0 Å². The molecule has 3 N–H and O–H groups in total. The van der Waals surface area contributed by atoms with E-state index in [0.717, 1.165) is 18.1 Å². The Kier molecular flexibility index (Phi) is 3.28. The average molecular weight is 222 g/mol. The lowest BCUT2D eigenvalue weighted by atomic mass is 9.89. The Morgan fingerprint density at radius 1 is 1.31 bits per heavy atom. The lowest BCUT2D eigenvalue weighted by Gasteiger charge is -2.18. The highest BCUT2D eigenvalue weighted by molar-refractivity contribution is 5.01. The molecule has 1 saturated carbocycles. The van der Waals surface area contributed by atoms with Gasteiger partial charge in [-0.2, -0.15) is 5.10 Å². The second-order valence-corrected chi connectivity index (χ2v) is 5.64. The standard InChI is InChI=1S/C12H22N4/c1-12(2,13)8-10-14-11(16-15-10)9-6-4-3-5-7-9/h9H,3-8,13H2,1-2H3,(H,14,15,16). The lowest BCUT2D eigenvalue weighted by Crippen LogP contribution is -2.34. The van der Waals surface area contributed by atoms with Crippen LogP contribution in [0.1, 0.15) is 63.5 Å². The molecule has 16 heavy (non-hydrogen) atoms. The van der Waals surface area contributed by atoms with Crippen LogP contribution in [-0.2, 0) is 6.42 Å². The summed E-state index contributed by atoms with van der Waals surface area (Å²) in [6.45, 7) is 4.02. The number of nitrogens with two attached hydrogens (primary N) is 1. The molecule has 0 spiro atoms. The van der Waals surface area contributed by atoms with E-state index in [2.05, 4.69) is 15.2 Å². The number of nitrogens with one attached hydrogen (secondary N) is 1. The first-order valence-electron chi connectivity index (χ1n) is 6.25. The molecule has 2 rings (SSSR count). The third-order valence-corrected chi connectivity index (χ3v) is 3.14. The van der Waals surface area contributed by atoms with Crippen molar-refractivity contribution in [3.63, 3.8) is 0 Å². The van der Waals surface area contributed by atoms with E-state index in [0.29, 0.717) is 5.92 Å². The maximum absolute atomic E-state index is 5.97. The van der Waals surface area contributed by atoms with E-state index < -0.39 is 0 Å². The minimum absolute atomic E-state index is 0.219. The third-order valence-electron chi connectivity index (χ3n) is 3.14. The molecule has 4 heteroatoms. The highest BCUT2D eigenvalue weighted by Crippen LogP contribution is 2.30. The number of aromatic amines is 1. The molecule has 0 aliphatic heterocycles. The maximum Gasteiger partial charge on any atom is 0.153 e. The summed E-state index contributed by atoms with van der Waals surface area (Å²) < 4.78 is 0. The normalized spacial score (nSPS) is 18.9. The topological polar surface area (TPSA) is 67.6 Å². The van der Waals surface area contributed by atoms with Crippen LogP contribution in [0.5, 0.6) is 0 Å². The fourth-order valence-corrected chi connectivity index (χ4v) is 2.36. The van der Waals surface area contributed by atoms with E-state index in [9.17, 15) is 0 Å². The number of aromatic nitrogens is 3. The van der Waals surface area contributed by atoms with Gasteiger partial charge in [0.25, 0.3) is 0 Å². The predicted molar refractivity (Wildman–Crippen MR) is 64.2 cm³/mol. The van der Waals surface area contributed by atoms with Gasteiger partial charge < -0.3 is 5.73 Å². The molecule has 1 aromatic rings. The molecule has 1 aromatic heterocycles. The Balaban J connectivity index is 2.01. The van der Waals surface area contributed by atoms with Gasteiger partial charge in [-0.25, -0.2) is 4.98 Å². The number of H-pyrrole nitrogens is 1. The van der Waals surface area contributed by atoms with Crippen LogP contribution in [0.15, 0.2) is 0 Å². The van der Waals surface area contributed by atoms with Gasteiger partial charge in [0, 0.05) is 17.9 Å². The average Bonchev–Trinajstić information content (AvgIpc) is 2.65. The first kappa shape index (κ1) is 11.6. The summed E-state index contributed by atoms with van der Waals surface area (Å²) in [5, 5.41) is 7.35. The Morgan fingerprint density at radius 3 is 2.62 bits per heavy atom. The Labute approximate surface area is 97.0 Å². The summed E-state index contributed by atoms with van der Waals surface area (Å²) in [6.07, 6.45) is 7.23. The van der Waals surface area contributed by atoms with Crippen LogP contribution in [0, 0.1) is 0 Å². The zero-order valence-electron chi connectivity index (χ0n) is 10.3. The highest BCUT2D eigenvalue weighted by Gasteiger charge is 2.21. The van der Waals surface area contributed by atoms with Crippen molar-refractivity contribution in [1.29, 1.82) is 0 Å². The molecular formula is C12H22N4.